The number of fused-ring (bicyclic) bond motifs is 1. The smallest absolute Gasteiger partial charge is 0.329 e. The molecule has 2 aromatic carbocycles. The molecule has 6 heteroatoms. The zero-order valence-corrected chi connectivity index (χ0v) is 13.4. The average molecular weight is 340 g/mol. The summed E-state index contributed by atoms with van der Waals surface area (Å²) in [5, 5.41) is 4.17. The van der Waals surface area contributed by atoms with E-state index < -0.39 is 12.1 Å². The van der Waals surface area contributed by atoms with Gasteiger partial charge in [0.1, 0.15) is 6.04 Å². The van der Waals surface area contributed by atoms with Crippen molar-refractivity contribution in [2.75, 3.05) is 4.90 Å². The van der Waals surface area contributed by atoms with Crippen molar-refractivity contribution in [3.05, 3.63) is 65.3 Å². The highest BCUT2D eigenvalue weighted by molar-refractivity contribution is 6.35. The van der Waals surface area contributed by atoms with Gasteiger partial charge in [0.2, 0.25) is 0 Å². The van der Waals surface area contributed by atoms with Crippen LogP contribution in [0.1, 0.15) is 5.56 Å². The van der Waals surface area contributed by atoms with Gasteiger partial charge in [-0.25, -0.2) is 9.69 Å². The SMILES string of the molecule is O=C1NC(Cc2c[nH]c3ccccc23)C(=O)N1c1ccccc1Cl. The van der Waals surface area contributed by atoms with Crippen LogP contribution in [0.25, 0.3) is 10.9 Å². The van der Waals surface area contributed by atoms with Crippen LogP contribution >= 0.6 is 11.6 Å². The van der Waals surface area contributed by atoms with E-state index in [9.17, 15) is 9.59 Å². The summed E-state index contributed by atoms with van der Waals surface area (Å²) in [6.45, 7) is 0. The van der Waals surface area contributed by atoms with Crippen molar-refractivity contribution in [3.63, 3.8) is 0 Å². The Morgan fingerprint density at radius 2 is 1.79 bits per heavy atom. The lowest BCUT2D eigenvalue weighted by Gasteiger charge is -2.14. The van der Waals surface area contributed by atoms with E-state index >= 15 is 0 Å². The monoisotopic (exact) mass is 339 g/mol. The third-order valence-corrected chi connectivity index (χ3v) is 4.53. The first kappa shape index (κ1) is 14.8. The number of nitrogens with zero attached hydrogens (tertiary/aromatic N) is 1. The number of anilines is 1. The van der Waals surface area contributed by atoms with Gasteiger partial charge in [0.05, 0.1) is 10.7 Å². The standard InChI is InChI=1S/C18H14ClN3O2/c19-13-6-2-4-8-16(13)22-17(23)15(21-18(22)24)9-11-10-20-14-7-3-1-5-12(11)14/h1-8,10,15,20H,9H2,(H,21,24). The molecule has 3 aromatic rings. The van der Waals surface area contributed by atoms with Gasteiger partial charge in [0.25, 0.3) is 5.91 Å². The first-order chi connectivity index (χ1) is 11.6. The fraction of sp³-hybridized carbons (Fsp3) is 0.111. The van der Waals surface area contributed by atoms with Crippen LogP contribution in [0.2, 0.25) is 5.02 Å². The van der Waals surface area contributed by atoms with E-state index in [-0.39, 0.29) is 5.91 Å². The van der Waals surface area contributed by atoms with Crippen molar-refractivity contribution in [1.82, 2.24) is 10.3 Å². The fourth-order valence-electron chi connectivity index (χ4n) is 3.05. The van der Waals surface area contributed by atoms with E-state index in [4.69, 9.17) is 11.6 Å². The number of aromatic nitrogens is 1. The number of benzene rings is 2. The fourth-order valence-corrected chi connectivity index (χ4v) is 3.27. The minimum atomic E-state index is -0.604. The summed E-state index contributed by atoms with van der Waals surface area (Å²) < 4.78 is 0. The maximum atomic E-state index is 12.7. The van der Waals surface area contributed by atoms with E-state index in [1.165, 1.54) is 0 Å². The summed E-state index contributed by atoms with van der Waals surface area (Å²) in [5.41, 5.74) is 2.40. The molecule has 4 rings (SSSR count). The van der Waals surface area contributed by atoms with Gasteiger partial charge in [0.15, 0.2) is 0 Å². The molecule has 0 saturated carbocycles. The third-order valence-electron chi connectivity index (χ3n) is 4.21. The number of nitrogens with one attached hydrogen (secondary N) is 2. The number of halogens is 1. The van der Waals surface area contributed by atoms with Gasteiger partial charge < -0.3 is 10.3 Å². The molecular weight excluding hydrogens is 326 g/mol. The minimum Gasteiger partial charge on any atom is -0.361 e. The van der Waals surface area contributed by atoms with E-state index in [2.05, 4.69) is 10.3 Å². The molecular formula is C18H14ClN3O2. The van der Waals surface area contributed by atoms with Crippen molar-refractivity contribution in [1.29, 1.82) is 0 Å². The Morgan fingerprint density at radius 3 is 2.62 bits per heavy atom. The molecule has 3 amide bonds. The lowest BCUT2D eigenvalue weighted by Crippen LogP contribution is -2.32. The first-order valence-electron chi connectivity index (χ1n) is 7.59. The molecule has 2 heterocycles. The molecule has 0 bridgehead atoms. The van der Waals surface area contributed by atoms with Crippen LogP contribution in [0.3, 0.4) is 0 Å². The number of H-pyrrole nitrogens is 1. The normalized spacial score (nSPS) is 17.5. The molecule has 1 saturated heterocycles. The zero-order chi connectivity index (χ0) is 16.7. The summed E-state index contributed by atoms with van der Waals surface area (Å²) in [5.74, 6) is -0.293. The lowest BCUT2D eigenvalue weighted by molar-refractivity contribution is -0.118. The number of hydrogen-bond donors (Lipinski definition) is 2. The molecule has 2 N–H and O–H groups in total. The van der Waals surface area contributed by atoms with Gasteiger partial charge in [-0.05, 0) is 23.8 Å². The first-order valence-corrected chi connectivity index (χ1v) is 7.97. The van der Waals surface area contributed by atoms with Crippen molar-refractivity contribution < 1.29 is 9.59 Å². The molecule has 120 valence electrons. The summed E-state index contributed by atoms with van der Waals surface area (Å²) >= 11 is 6.12. The number of para-hydroxylation sites is 2. The summed E-state index contributed by atoms with van der Waals surface area (Å²) in [4.78, 5) is 29.3. The average Bonchev–Trinajstić information content (AvgIpc) is 3.11. The number of rotatable bonds is 3. The number of urea groups is 1. The molecule has 1 aromatic heterocycles. The van der Waals surface area contributed by atoms with Crippen LogP contribution in [0, 0.1) is 0 Å². The van der Waals surface area contributed by atoms with Gasteiger partial charge in [0, 0.05) is 23.5 Å². The Hall–Kier alpha value is -2.79. The molecule has 0 radical (unpaired) electrons. The highest BCUT2D eigenvalue weighted by Gasteiger charge is 2.39. The second kappa shape index (κ2) is 5.69. The van der Waals surface area contributed by atoms with Crippen LogP contribution in [-0.4, -0.2) is 23.0 Å². The topological polar surface area (TPSA) is 65.2 Å². The molecule has 1 atom stereocenters. The third kappa shape index (κ3) is 2.34. The van der Waals surface area contributed by atoms with E-state index in [0.717, 1.165) is 21.4 Å². The van der Waals surface area contributed by atoms with Crippen LogP contribution in [0.4, 0.5) is 10.5 Å². The van der Waals surface area contributed by atoms with Crippen molar-refractivity contribution in [3.8, 4) is 0 Å². The number of carbonyl (C=O) groups excluding carboxylic acids is 2. The maximum absolute atomic E-state index is 12.7. The second-order valence-electron chi connectivity index (χ2n) is 5.69. The van der Waals surface area contributed by atoms with E-state index in [1.54, 1.807) is 24.3 Å². The molecule has 24 heavy (non-hydrogen) atoms. The van der Waals surface area contributed by atoms with E-state index in [0.29, 0.717) is 17.1 Å². The van der Waals surface area contributed by atoms with Gasteiger partial charge in [-0.1, -0.05) is 41.9 Å². The van der Waals surface area contributed by atoms with E-state index in [1.807, 2.05) is 30.5 Å². The van der Waals surface area contributed by atoms with Gasteiger partial charge in [-0.15, -0.1) is 0 Å². The Labute approximate surface area is 143 Å². The molecule has 0 spiro atoms. The predicted molar refractivity (Wildman–Crippen MR) is 93.3 cm³/mol. The number of hydrogen-bond acceptors (Lipinski definition) is 2. The lowest BCUT2D eigenvalue weighted by atomic mass is 10.0. The summed E-state index contributed by atoms with van der Waals surface area (Å²) in [6, 6.07) is 13.6. The minimum absolute atomic E-state index is 0.293. The maximum Gasteiger partial charge on any atom is 0.329 e. The van der Waals surface area contributed by atoms with Gasteiger partial charge >= 0.3 is 6.03 Å². The quantitative estimate of drug-likeness (QED) is 0.717. The molecule has 5 nitrogen and oxygen atoms in total. The second-order valence-corrected chi connectivity index (χ2v) is 6.10. The highest BCUT2D eigenvalue weighted by atomic mass is 35.5. The van der Waals surface area contributed by atoms with Crippen LogP contribution in [0.15, 0.2) is 54.7 Å². The molecule has 1 fully saturated rings. The Morgan fingerprint density at radius 1 is 1.04 bits per heavy atom. The van der Waals surface area contributed by atoms with Gasteiger partial charge in [-0.2, -0.15) is 0 Å². The van der Waals surface area contributed by atoms with Crippen LogP contribution in [0.5, 0.6) is 0 Å². The number of carbonyl (C=O) groups is 2. The highest BCUT2D eigenvalue weighted by Crippen LogP contribution is 2.29. The van der Waals surface area contributed by atoms with Crippen molar-refractivity contribution in [2.45, 2.75) is 12.5 Å². The molecule has 1 aliphatic heterocycles. The Bertz CT molecular complexity index is 950. The summed E-state index contributed by atoms with van der Waals surface area (Å²) in [7, 11) is 0. The van der Waals surface area contributed by atoms with Crippen molar-refractivity contribution >= 4 is 40.1 Å². The molecule has 1 aliphatic rings. The molecule has 0 aliphatic carbocycles. The largest absolute Gasteiger partial charge is 0.361 e. The summed E-state index contributed by atoms with van der Waals surface area (Å²) in [6.07, 6.45) is 2.30. The number of imide groups is 1. The zero-order valence-electron chi connectivity index (χ0n) is 12.6. The Kier molecular flexibility index (Phi) is 3.50. The van der Waals surface area contributed by atoms with Crippen molar-refractivity contribution in [2.24, 2.45) is 0 Å². The predicted octanol–water partition coefficient (Wildman–Crippen LogP) is 3.49. The Balaban J connectivity index is 1.63. The van der Waals surface area contributed by atoms with Crippen LogP contribution < -0.4 is 10.2 Å². The number of aromatic amines is 1. The van der Waals surface area contributed by atoms with Crippen LogP contribution in [-0.2, 0) is 11.2 Å². The van der Waals surface area contributed by atoms with Gasteiger partial charge in [-0.3, -0.25) is 4.79 Å². The number of amides is 3. The molecule has 1 unspecified atom stereocenters.